The summed E-state index contributed by atoms with van der Waals surface area (Å²) in [5.41, 5.74) is 6.16. The van der Waals surface area contributed by atoms with E-state index in [0.29, 0.717) is 12.2 Å². The molecule has 0 aliphatic rings. The zero-order valence-corrected chi connectivity index (χ0v) is 11.9. The van der Waals surface area contributed by atoms with Gasteiger partial charge in [-0.25, -0.2) is 13.1 Å². The Kier molecular flexibility index (Phi) is 5.84. The fourth-order valence-corrected chi connectivity index (χ4v) is 3.08. The van der Waals surface area contributed by atoms with Gasteiger partial charge < -0.3 is 10.7 Å². The third-order valence-electron chi connectivity index (χ3n) is 2.84. The van der Waals surface area contributed by atoms with E-state index in [9.17, 15) is 8.42 Å². The summed E-state index contributed by atoms with van der Waals surface area (Å²) in [4.78, 5) is 3.10. The van der Waals surface area contributed by atoms with Crippen molar-refractivity contribution in [1.82, 2.24) is 9.71 Å². The fourth-order valence-electron chi connectivity index (χ4n) is 1.78. The molecule has 1 aromatic rings. The van der Waals surface area contributed by atoms with Gasteiger partial charge in [0.1, 0.15) is 0 Å². The summed E-state index contributed by atoms with van der Waals surface area (Å²) in [7, 11) is -3.42. The molecule has 0 fully saturated rings. The Morgan fingerprint density at radius 1 is 1.44 bits per heavy atom. The van der Waals surface area contributed by atoms with E-state index in [-0.39, 0.29) is 10.9 Å². The van der Waals surface area contributed by atoms with Gasteiger partial charge in [-0.1, -0.05) is 26.2 Å². The highest BCUT2D eigenvalue weighted by molar-refractivity contribution is 7.89. The van der Waals surface area contributed by atoms with Crippen LogP contribution in [0, 0.1) is 0 Å². The first-order chi connectivity index (χ1) is 8.49. The quantitative estimate of drug-likeness (QED) is 0.630. The van der Waals surface area contributed by atoms with Gasteiger partial charge in [0.15, 0.2) is 0 Å². The van der Waals surface area contributed by atoms with E-state index in [4.69, 9.17) is 5.73 Å². The number of aromatic nitrogens is 1. The number of hydrogen-bond acceptors (Lipinski definition) is 3. The second kappa shape index (κ2) is 6.92. The molecular formula is C12H23N3O2S. The molecule has 6 heteroatoms. The molecule has 0 saturated carbocycles. The van der Waals surface area contributed by atoms with Crippen LogP contribution in [-0.4, -0.2) is 19.4 Å². The first-order valence-corrected chi connectivity index (χ1v) is 7.87. The van der Waals surface area contributed by atoms with Gasteiger partial charge in [0.25, 0.3) is 0 Å². The van der Waals surface area contributed by atoms with E-state index < -0.39 is 10.0 Å². The molecule has 1 unspecified atom stereocenters. The maximum Gasteiger partial charge on any atom is 0.242 e. The third kappa shape index (κ3) is 4.44. The predicted molar refractivity (Wildman–Crippen MR) is 72.6 cm³/mol. The summed E-state index contributed by atoms with van der Waals surface area (Å²) in [5, 5.41) is 0. The lowest BCUT2D eigenvalue weighted by Crippen LogP contribution is -2.32. The third-order valence-corrected chi connectivity index (χ3v) is 4.41. The molecule has 0 spiro atoms. The second-order valence-electron chi connectivity index (χ2n) is 4.58. The molecule has 104 valence electrons. The molecule has 0 amide bonds. The van der Waals surface area contributed by atoms with Crippen LogP contribution in [0.25, 0.3) is 0 Å². The average Bonchev–Trinajstić information content (AvgIpc) is 2.78. The summed E-state index contributed by atoms with van der Waals surface area (Å²) < 4.78 is 26.7. The minimum absolute atomic E-state index is 0.0437. The lowest BCUT2D eigenvalue weighted by Gasteiger charge is -2.13. The Bertz CT molecular complexity index is 454. The lowest BCUT2D eigenvalue weighted by molar-refractivity contribution is 0.527. The number of aromatic amines is 1. The smallest absolute Gasteiger partial charge is 0.242 e. The van der Waals surface area contributed by atoms with Crippen molar-refractivity contribution in [2.75, 3.05) is 0 Å². The second-order valence-corrected chi connectivity index (χ2v) is 6.30. The van der Waals surface area contributed by atoms with Crippen molar-refractivity contribution in [1.29, 1.82) is 0 Å². The largest absolute Gasteiger partial charge is 0.363 e. The van der Waals surface area contributed by atoms with Crippen LogP contribution in [0.1, 0.15) is 45.2 Å². The highest BCUT2D eigenvalue weighted by atomic mass is 32.2. The molecule has 1 rings (SSSR count). The number of rotatable bonds is 8. The first kappa shape index (κ1) is 15.2. The van der Waals surface area contributed by atoms with E-state index in [1.54, 1.807) is 6.07 Å². The summed E-state index contributed by atoms with van der Waals surface area (Å²) in [5.74, 6) is 0. The summed E-state index contributed by atoms with van der Waals surface area (Å²) >= 11 is 0. The van der Waals surface area contributed by atoms with Gasteiger partial charge in [-0.15, -0.1) is 0 Å². The number of sulfonamides is 1. The van der Waals surface area contributed by atoms with E-state index in [0.717, 1.165) is 25.7 Å². The average molecular weight is 273 g/mol. The summed E-state index contributed by atoms with van der Waals surface area (Å²) in [6.45, 7) is 4.33. The van der Waals surface area contributed by atoms with Crippen molar-refractivity contribution in [3.8, 4) is 0 Å². The Balaban J connectivity index is 2.58. The maximum absolute atomic E-state index is 12.0. The van der Waals surface area contributed by atoms with Crippen LogP contribution in [0.3, 0.4) is 0 Å². The SMILES string of the molecule is CCCCCC(C)NS(=O)(=O)c1c[nH]c(CN)c1. The van der Waals surface area contributed by atoms with Crippen LogP contribution in [0.5, 0.6) is 0 Å². The van der Waals surface area contributed by atoms with E-state index in [2.05, 4.69) is 16.6 Å². The number of nitrogens with one attached hydrogen (secondary N) is 2. The van der Waals surface area contributed by atoms with E-state index in [1.165, 1.54) is 6.20 Å². The van der Waals surface area contributed by atoms with Gasteiger partial charge in [-0.2, -0.15) is 0 Å². The van der Waals surface area contributed by atoms with Crippen LogP contribution in [0.2, 0.25) is 0 Å². The van der Waals surface area contributed by atoms with Crippen molar-refractivity contribution >= 4 is 10.0 Å². The van der Waals surface area contributed by atoms with Crippen molar-refractivity contribution in [3.05, 3.63) is 18.0 Å². The minimum atomic E-state index is -3.42. The topological polar surface area (TPSA) is 88.0 Å². The molecule has 0 aliphatic carbocycles. The number of hydrogen-bond donors (Lipinski definition) is 3. The van der Waals surface area contributed by atoms with Crippen LogP contribution in [0.15, 0.2) is 17.2 Å². The molecule has 0 bridgehead atoms. The van der Waals surface area contributed by atoms with Crippen LogP contribution < -0.4 is 10.5 Å². The van der Waals surface area contributed by atoms with Crippen molar-refractivity contribution < 1.29 is 8.42 Å². The summed E-state index contributed by atoms with van der Waals surface area (Å²) in [6.07, 6.45) is 5.65. The molecule has 1 heterocycles. The molecule has 0 aromatic carbocycles. The van der Waals surface area contributed by atoms with Crippen LogP contribution in [0.4, 0.5) is 0 Å². The number of nitrogens with two attached hydrogens (primary N) is 1. The minimum Gasteiger partial charge on any atom is -0.363 e. The molecule has 1 atom stereocenters. The van der Waals surface area contributed by atoms with Gasteiger partial charge in [-0.3, -0.25) is 0 Å². The zero-order valence-electron chi connectivity index (χ0n) is 11.1. The Labute approximate surface area is 109 Å². The van der Waals surface area contributed by atoms with Gasteiger partial charge >= 0.3 is 0 Å². The number of H-pyrrole nitrogens is 1. The van der Waals surface area contributed by atoms with Gasteiger partial charge in [-0.05, 0) is 19.4 Å². The highest BCUT2D eigenvalue weighted by Gasteiger charge is 2.18. The Morgan fingerprint density at radius 2 is 2.17 bits per heavy atom. The van der Waals surface area contributed by atoms with Gasteiger partial charge in [0.2, 0.25) is 10.0 Å². The Hall–Kier alpha value is -0.850. The van der Waals surface area contributed by atoms with E-state index in [1.807, 2.05) is 6.92 Å². The number of unbranched alkanes of at least 4 members (excludes halogenated alkanes) is 2. The fraction of sp³-hybridized carbons (Fsp3) is 0.667. The molecule has 0 aliphatic heterocycles. The summed E-state index contributed by atoms with van der Waals surface area (Å²) in [6, 6.07) is 1.53. The highest BCUT2D eigenvalue weighted by Crippen LogP contribution is 2.12. The monoisotopic (exact) mass is 273 g/mol. The van der Waals surface area contributed by atoms with E-state index >= 15 is 0 Å². The standard InChI is InChI=1S/C12H23N3O2S/c1-3-4-5-6-10(2)15-18(16,17)12-7-11(8-13)14-9-12/h7,9-10,14-15H,3-6,8,13H2,1-2H3. The Morgan fingerprint density at radius 3 is 2.72 bits per heavy atom. The molecule has 18 heavy (non-hydrogen) atoms. The zero-order chi connectivity index (χ0) is 13.6. The van der Waals surface area contributed by atoms with Crippen LogP contribution >= 0.6 is 0 Å². The first-order valence-electron chi connectivity index (χ1n) is 6.39. The van der Waals surface area contributed by atoms with Crippen molar-refractivity contribution in [2.45, 2.75) is 57.0 Å². The van der Waals surface area contributed by atoms with Gasteiger partial charge in [0, 0.05) is 24.5 Å². The molecule has 4 N–H and O–H groups in total. The molecule has 5 nitrogen and oxygen atoms in total. The molecular weight excluding hydrogens is 250 g/mol. The normalized spacial score (nSPS) is 13.7. The molecule has 0 saturated heterocycles. The van der Waals surface area contributed by atoms with Crippen molar-refractivity contribution in [2.24, 2.45) is 5.73 Å². The lowest BCUT2D eigenvalue weighted by atomic mass is 10.1. The van der Waals surface area contributed by atoms with Crippen LogP contribution in [-0.2, 0) is 16.6 Å². The van der Waals surface area contributed by atoms with Crippen molar-refractivity contribution in [3.63, 3.8) is 0 Å². The van der Waals surface area contributed by atoms with Gasteiger partial charge in [0.05, 0.1) is 4.90 Å². The molecule has 1 aromatic heterocycles. The predicted octanol–water partition coefficient (Wildman–Crippen LogP) is 1.72. The maximum atomic E-state index is 12.0. The molecule has 0 radical (unpaired) electrons.